The lowest BCUT2D eigenvalue weighted by atomic mass is 10.2. The maximum absolute atomic E-state index is 12.9. The molecule has 1 heterocycles. The van der Waals surface area contributed by atoms with Crippen LogP contribution in [0.1, 0.15) is 24.8 Å². The minimum absolute atomic E-state index is 0.0885. The van der Waals surface area contributed by atoms with E-state index in [0.717, 1.165) is 24.8 Å². The van der Waals surface area contributed by atoms with Gasteiger partial charge in [-0.2, -0.15) is 4.31 Å². The fourth-order valence-corrected chi connectivity index (χ4v) is 4.61. The lowest BCUT2D eigenvalue weighted by Gasteiger charge is -2.25. The zero-order valence-electron chi connectivity index (χ0n) is 15.5. The van der Waals surface area contributed by atoms with Crippen molar-refractivity contribution in [2.45, 2.75) is 30.7 Å². The Labute approximate surface area is 164 Å². The average Bonchev–Trinajstić information content (AvgIpc) is 2.70. The molecule has 2 N–H and O–H groups in total. The second-order valence-corrected chi connectivity index (χ2v) is 8.71. The lowest BCUT2D eigenvalue weighted by Crippen LogP contribution is -2.35. The van der Waals surface area contributed by atoms with Gasteiger partial charge in [0.1, 0.15) is 5.82 Å². The van der Waals surface area contributed by atoms with Crippen LogP contribution in [0.3, 0.4) is 0 Å². The topological polar surface area (TPSA) is 78.5 Å². The van der Waals surface area contributed by atoms with Gasteiger partial charge in [-0.25, -0.2) is 12.8 Å². The average molecular weight is 405 g/mol. The maximum Gasteiger partial charge on any atom is 0.243 e. The van der Waals surface area contributed by atoms with Gasteiger partial charge in [0.2, 0.25) is 15.9 Å². The zero-order chi connectivity index (χ0) is 20.0. The number of nitrogens with zero attached hydrogens (tertiary/aromatic N) is 1. The molecule has 0 radical (unpaired) electrons. The van der Waals surface area contributed by atoms with Crippen molar-refractivity contribution in [1.82, 2.24) is 9.62 Å². The summed E-state index contributed by atoms with van der Waals surface area (Å²) in [4.78, 5) is 12.3. The van der Waals surface area contributed by atoms with Crippen molar-refractivity contribution in [3.8, 4) is 0 Å². The first kappa shape index (κ1) is 20.4. The fourth-order valence-electron chi connectivity index (χ4n) is 3.09. The van der Waals surface area contributed by atoms with Crippen LogP contribution in [0.2, 0.25) is 0 Å². The van der Waals surface area contributed by atoms with E-state index < -0.39 is 10.0 Å². The Morgan fingerprint density at radius 2 is 1.61 bits per heavy atom. The number of anilines is 1. The summed E-state index contributed by atoms with van der Waals surface area (Å²) >= 11 is 0. The van der Waals surface area contributed by atoms with Crippen molar-refractivity contribution in [3.05, 3.63) is 59.9 Å². The monoisotopic (exact) mass is 405 g/mol. The largest absolute Gasteiger partial charge is 0.325 e. The molecule has 1 aliphatic heterocycles. The Morgan fingerprint density at radius 1 is 0.964 bits per heavy atom. The number of hydrogen-bond donors (Lipinski definition) is 2. The van der Waals surface area contributed by atoms with Crippen LogP contribution in [0.15, 0.2) is 53.4 Å². The van der Waals surface area contributed by atoms with Crippen LogP contribution in [0, 0.1) is 5.82 Å². The molecule has 0 spiro atoms. The molecule has 8 heteroatoms. The molecule has 1 amide bonds. The molecular formula is C20H24FN3O3S. The molecule has 28 heavy (non-hydrogen) atoms. The van der Waals surface area contributed by atoms with Gasteiger partial charge in [0.05, 0.1) is 11.4 Å². The van der Waals surface area contributed by atoms with Crippen LogP contribution in [-0.2, 0) is 21.4 Å². The molecular weight excluding hydrogens is 381 g/mol. The third-order valence-electron chi connectivity index (χ3n) is 4.62. The fraction of sp³-hybridized carbons (Fsp3) is 0.350. The lowest BCUT2D eigenvalue weighted by molar-refractivity contribution is -0.115. The Balaban J connectivity index is 1.50. The van der Waals surface area contributed by atoms with Crippen LogP contribution in [0.4, 0.5) is 10.1 Å². The Bertz CT molecular complexity index is 893. The molecule has 0 saturated carbocycles. The Hall–Kier alpha value is -2.29. The molecule has 0 unspecified atom stereocenters. The van der Waals surface area contributed by atoms with Crippen molar-refractivity contribution < 1.29 is 17.6 Å². The normalized spacial score (nSPS) is 15.3. The van der Waals surface area contributed by atoms with Crippen LogP contribution in [-0.4, -0.2) is 38.3 Å². The first-order valence-corrected chi connectivity index (χ1v) is 10.7. The van der Waals surface area contributed by atoms with Gasteiger partial charge >= 0.3 is 0 Å². The van der Waals surface area contributed by atoms with E-state index in [0.29, 0.717) is 25.3 Å². The van der Waals surface area contributed by atoms with E-state index in [-0.39, 0.29) is 23.2 Å². The summed E-state index contributed by atoms with van der Waals surface area (Å²) in [7, 11) is -3.47. The number of hydrogen-bond acceptors (Lipinski definition) is 4. The van der Waals surface area contributed by atoms with E-state index in [1.165, 1.54) is 28.6 Å². The molecule has 0 aromatic heterocycles. The quantitative estimate of drug-likeness (QED) is 0.743. The molecule has 2 aromatic rings. The number of halogens is 1. The minimum Gasteiger partial charge on any atom is -0.325 e. The molecule has 0 bridgehead atoms. The van der Waals surface area contributed by atoms with Crippen molar-refractivity contribution in [2.75, 3.05) is 25.0 Å². The predicted molar refractivity (Wildman–Crippen MR) is 106 cm³/mol. The summed E-state index contributed by atoms with van der Waals surface area (Å²) in [6.07, 6.45) is 2.84. The minimum atomic E-state index is -3.47. The van der Waals surface area contributed by atoms with E-state index in [4.69, 9.17) is 0 Å². The number of carbonyl (C=O) groups is 1. The maximum atomic E-state index is 12.9. The third-order valence-corrected chi connectivity index (χ3v) is 6.53. The summed E-state index contributed by atoms with van der Waals surface area (Å²) in [6, 6.07) is 12.3. The van der Waals surface area contributed by atoms with Gasteiger partial charge in [0.15, 0.2) is 0 Å². The van der Waals surface area contributed by atoms with Crippen LogP contribution in [0.5, 0.6) is 0 Å². The Morgan fingerprint density at radius 3 is 2.25 bits per heavy atom. The highest BCUT2D eigenvalue weighted by atomic mass is 32.2. The number of benzene rings is 2. The highest BCUT2D eigenvalue weighted by Crippen LogP contribution is 2.21. The third kappa shape index (κ3) is 5.37. The SMILES string of the molecule is O=C(CNCc1ccc(F)cc1)Nc1ccc(S(=O)(=O)N2CCCCC2)cc1. The first-order valence-electron chi connectivity index (χ1n) is 9.30. The van der Waals surface area contributed by atoms with Gasteiger partial charge < -0.3 is 10.6 Å². The highest BCUT2D eigenvalue weighted by molar-refractivity contribution is 7.89. The zero-order valence-corrected chi connectivity index (χ0v) is 16.3. The summed E-state index contributed by atoms with van der Waals surface area (Å²) in [6.45, 7) is 1.65. The number of amides is 1. The number of nitrogens with one attached hydrogen (secondary N) is 2. The van der Waals surface area contributed by atoms with Crippen LogP contribution >= 0.6 is 0 Å². The van der Waals surface area contributed by atoms with Gasteiger partial charge in [-0.3, -0.25) is 4.79 Å². The van der Waals surface area contributed by atoms with E-state index >= 15 is 0 Å². The molecule has 1 saturated heterocycles. The van der Waals surface area contributed by atoms with Gasteiger partial charge in [-0.05, 0) is 54.8 Å². The first-order chi connectivity index (χ1) is 13.4. The molecule has 1 aliphatic rings. The second kappa shape index (κ2) is 9.27. The second-order valence-electron chi connectivity index (χ2n) is 6.77. The highest BCUT2D eigenvalue weighted by Gasteiger charge is 2.25. The number of carbonyl (C=O) groups excluding carboxylic acids is 1. The summed E-state index contributed by atoms with van der Waals surface area (Å²) in [5.74, 6) is -0.541. The van der Waals surface area contributed by atoms with Crippen molar-refractivity contribution in [2.24, 2.45) is 0 Å². The molecule has 0 aliphatic carbocycles. The predicted octanol–water partition coefficient (Wildman–Crippen LogP) is 2.73. The van der Waals surface area contributed by atoms with E-state index in [2.05, 4.69) is 10.6 Å². The summed E-state index contributed by atoms with van der Waals surface area (Å²) in [5.41, 5.74) is 1.41. The van der Waals surface area contributed by atoms with E-state index in [1.54, 1.807) is 24.3 Å². The van der Waals surface area contributed by atoms with Crippen LogP contribution in [0.25, 0.3) is 0 Å². The molecule has 3 rings (SSSR count). The van der Waals surface area contributed by atoms with Gasteiger partial charge in [0.25, 0.3) is 0 Å². The standard InChI is InChI=1S/C20H24FN3O3S/c21-17-6-4-16(5-7-17)14-22-15-20(25)23-18-8-10-19(11-9-18)28(26,27)24-12-2-1-3-13-24/h4-11,22H,1-3,12-15H2,(H,23,25). The summed E-state index contributed by atoms with van der Waals surface area (Å²) < 4.78 is 39.6. The molecule has 6 nitrogen and oxygen atoms in total. The molecule has 150 valence electrons. The van der Waals surface area contributed by atoms with Crippen molar-refractivity contribution >= 4 is 21.6 Å². The number of sulfonamides is 1. The van der Waals surface area contributed by atoms with E-state index in [1.807, 2.05) is 0 Å². The van der Waals surface area contributed by atoms with E-state index in [9.17, 15) is 17.6 Å². The Kier molecular flexibility index (Phi) is 6.77. The number of piperidine rings is 1. The van der Waals surface area contributed by atoms with Gasteiger partial charge in [-0.1, -0.05) is 18.6 Å². The molecule has 0 atom stereocenters. The smallest absolute Gasteiger partial charge is 0.243 e. The van der Waals surface area contributed by atoms with Crippen molar-refractivity contribution in [3.63, 3.8) is 0 Å². The van der Waals surface area contributed by atoms with Gasteiger partial charge in [0, 0.05) is 25.3 Å². The summed E-state index contributed by atoms with van der Waals surface area (Å²) in [5, 5.41) is 5.71. The molecule has 1 fully saturated rings. The van der Waals surface area contributed by atoms with Gasteiger partial charge in [-0.15, -0.1) is 0 Å². The number of rotatable bonds is 7. The van der Waals surface area contributed by atoms with Crippen LogP contribution < -0.4 is 10.6 Å². The molecule has 2 aromatic carbocycles. The van der Waals surface area contributed by atoms with Crippen molar-refractivity contribution in [1.29, 1.82) is 0 Å².